The van der Waals surface area contributed by atoms with E-state index in [9.17, 15) is 0 Å². The zero-order valence-corrected chi connectivity index (χ0v) is 13.3. The number of ether oxygens (including phenoxy) is 1. The molecule has 1 fully saturated rings. The molecule has 1 saturated heterocycles. The Morgan fingerprint density at radius 3 is 2.65 bits per heavy atom. The topological polar surface area (TPSA) is 38.5 Å². The second-order valence-electron chi connectivity index (χ2n) is 5.45. The van der Waals surface area contributed by atoms with Crippen LogP contribution >= 0.6 is 24.8 Å². The molecule has 2 aliphatic rings. The number of hydrogen-bond donors (Lipinski definition) is 1. The number of hydrogen-bond acceptors (Lipinski definition) is 3. The lowest BCUT2D eigenvalue weighted by atomic mass is 9.99. The third-order valence-corrected chi connectivity index (χ3v) is 4.02. The summed E-state index contributed by atoms with van der Waals surface area (Å²) in [5.74, 6) is 1.00. The molecule has 0 bridgehead atoms. The summed E-state index contributed by atoms with van der Waals surface area (Å²) in [5, 5.41) is 0. The van der Waals surface area contributed by atoms with Gasteiger partial charge in [0.1, 0.15) is 5.75 Å². The molecule has 0 aromatic heterocycles. The molecule has 1 aromatic carbocycles. The highest BCUT2D eigenvalue weighted by atomic mass is 35.5. The van der Waals surface area contributed by atoms with Crippen LogP contribution in [0.3, 0.4) is 0 Å². The Labute approximate surface area is 133 Å². The molecule has 0 saturated carbocycles. The largest absolute Gasteiger partial charge is 0.493 e. The monoisotopic (exact) mass is 318 g/mol. The second kappa shape index (κ2) is 8.08. The van der Waals surface area contributed by atoms with Crippen molar-refractivity contribution in [3.63, 3.8) is 0 Å². The minimum atomic E-state index is 0. The molecule has 3 nitrogen and oxygen atoms in total. The van der Waals surface area contributed by atoms with Crippen LogP contribution in [0.4, 0.5) is 0 Å². The maximum absolute atomic E-state index is 6.09. The van der Waals surface area contributed by atoms with Gasteiger partial charge in [-0.1, -0.05) is 18.6 Å². The standard InChI is InChI=1S/C15H22N2O.2ClH/c16-14-6-9-18-15-10-12(4-5-13(14)15)11-17-7-2-1-3-8-17;;/h4-5,10,14H,1-3,6-9,11,16H2;2*1H/t14-;;/m1../s1. The minimum Gasteiger partial charge on any atom is -0.493 e. The first-order valence-electron chi connectivity index (χ1n) is 7.06. The van der Waals surface area contributed by atoms with Crippen molar-refractivity contribution in [3.05, 3.63) is 29.3 Å². The number of piperidine rings is 1. The van der Waals surface area contributed by atoms with Crippen LogP contribution in [0.5, 0.6) is 5.75 Å². The van der Waals surface area contributed by atoms with Gasteiger partial charge >= 0.3 is 0 Å². The summed E-state index contributed by atoms with van der Waals surface area (Å²) in [6.45, 7) is 4.27. The lowest BCUT2D eigenvalue weighted by Gasteiger charge is -2.28. The first kappa shape index (κ1) is 17.6. The minimum absolute atomic E-state index is 0. The molecular formula is C15H24Cl2N2O. The smallest absolute Gasteiger partial charge is 0.124 e. The number of benzene rings is 1. The van der Waals surface area contributed by atoms with Gasteiger partial charge in [-0.15, -0.1) is 24.8 Å². The van der Waals surface area contributed by atoms with E-state index in [1.807, 2.05) is 0 Å². The normalized spacial score (nSPS) is 21.9. The summed E-state index contributed by atoms with van der Waals surface area (Å²) in [6, 6.07) is 6.70. The molecule has 0 amide bonds. The molecular weight excluding hydrogens is 295 g/mol. The highest BCUT2D eigenvalue weighted by molar-refractivity contribution is 5.85. The summed E-state index contributed by atoms with van der Waals surface area (Å²) in [7, 11) is 0. The van der Waals surface area contributed by atoms with Gasteiger partial charge in [0.25, 0.3) is 0 Å². The van der Waals surface area contributed by atoms with Crippen molar-refractivity contribution in [3.8, 4) is 5.75 Å². The molecule has 0 spiro atoms. The van der Waals surface area contributed by atoms with E-state index >= 15 is 0 Å². The van der Waals surface area contributed by atoms with Crippen LogP contribution in [0.2, 0.25) is 0 Å². The summed E-state index contributed by atoms with van der Waals surface area (Å²) in [4.78, 5) is 2.54. The van der Waals surface area contributed by atoms with Crippen LogP contribution in [-0.2, 0) is 6.54 Å². The molecule has 114 valence electrons. The van der Waals surface area contributed by atoms with Crippen LogP contribution in [0.25, 0.3) is 0 Å². The average molecular weight is 319 g/mol. The molecule has 0 radical (unpaired) electrons. The van der Waals surface area contributed by atoms with E-state index in [2.05, 4.69) is 23.1 Å². The Balaban J connectivity index is 0.000001000. The Morgan fingerprint density at radius 2 is 1.90 bits per heavy atom. The average Bonchev–Trinajstić information content (AvgIpc) is 2.40. The quantitative estimate of drug-likeness (QED) is 0.909. The fraction of sp³-hybridized carbons (Fsp3) is 0.600. The highest BCUT2D eigenvalue weighted by Gasteiger charge is 2.18. The van der Waals surface area contributed by atoms with E-state index in [0.717, 1.165) is 25.3 Å². The summed E-state index contributed by atoms with van der Waals surface area (Å²) < 4.78 is 5.73. The molecule has 3 rings (SSSR count). The van der Waals surface area contributed by atoms with Crippen molar-refractivity contribution < 1.29 is 4.74 Å². The summed E-state index contributed by atoms with van der Waals surface area (Å²) in [6.07, 6.45) is 5.00. The predicted molar refractivity (Wildman–Crippen MR) is 87.1 cm³/mol. The molecule has 0 unspecified atom stereocenters. The van der Waals surface area contributed by atoms with E-state index in [-0.39, 0.29) is 30.9 Å². The SMILES string of the molecule is Cl.Cl.N[C@@H]1CCOc2cc(CN3CCCCC3)ccc21. The van der Waals surface area contributed by atoms with Gasteiger partial charge in [-0.05, 0) is 37.6 Å². The van der Waals surface area contributed by atoms with Gasteiger partial charge < -0.3 is 10.5 Å². The van der Waals surface area contributed by atoms with Gasteiger partial charge in [0.2, 0.25) is 0 Å². The number of rotatable bonds is 2. The molecule has 0 aliphatic carbocycles. The van der Waals surface area contributed by atoms with Crippen LogP contribution in [-0.4, -0.2) is 24.6 Å². The molecule has 1 aromatic rings. The number of likely N-dealkylation sites (tertiary alicyclic amines) is 1. The molecule has 1 atom stereocenters. The summed E-state index contributed by atoms with van der Waals surface area (Å²) in [5.41, 5.74) is 8.61. The first-order valence-corrected chi connectivity index (χ1v) is 7.06. The molecule has 2 N–H and O–H groups in total. The lowest BCUT2D eigenvalue weighted by molar-refractivity contribution is 0.220. The van der Waals surface area contributed by atoms with Crippen LogP contribution in [0.15, 0.2) is 18.2 Å². The third-order valence-electron chi connectivity index (χ3n) is 4.02. The van der Waals surface area contributed by atoms with Gasteiger partial charge in [0.15, 0.2) is 0 Å². The fourth-order valence-electron chi connectivity index (χ4n) is 2.94. The Kier molecular flexibility index (Phi) is 7.10. The number of fused-ring (bicyclic) bond motifs is 1. The predicted octanol–water partition coefficient (Wildman–Crippen LogP) is 3.30. The Hall–Kier alpha value is -0.480. The Bertz CT molecular complexity index is 422. The maximum atomic E-state index is 6.09. The maximum Gasteiger partial charge on any atom is 0.124 e. The highest BCUT2D eigenvalue weighted by Crippen LogP contribution is 2.31. The van der Waals surface area contributed by atoms with E-state index < -0.39 is 0 Å². The first-order chi connectivity index (χ1) is 8.83. The zero-order chi connectivity index (χ0) is 12.4. The molecule has 5 heteroatoms. The second-order valence-corrected chi connectivity index (χ2v) is 5.45. The van der Waals surface area contributed by atoms with Gasteiger partial charge in [-0.2, -0.15) is 0 Å². The fourth-order valence-corrected chi connectivity index (χ4v) is 2.94. The number of nitrogens with zero attached hydrogens (tertiary/aromatic N) is 1. The van der Waals surface area contributed by atoms with Gasteiger partial charge in [-0.25, -0.2) is 0 Å². The van der Waals surface area contributed by atoms with E-state index in [1.54, 1.807) is 0 Å². The molecule has 2 aliphatic heterocycles. The van der Waals surface area contributed by atoms with E-state index in [1.165, 1.54) is 43.5 Å². The number of halogens is 2. The van der Waals surface area contributed by atoms with Crippen LogP contribution < -0.4 is 10.5 Å². The summed E-state index contributed by atoms with van der Waals surface area (Å²) >= 11 is 0. The van der Waals surface area contributed by atoms with Gasteiger partial charge in [-0.3, -0.25) is 4.90 Å². The van der Waals surface area contributed by atoms with Crippen molar-refractivity contribution in [1.82, 2.24) is 4.90 Å². The Morgan fingerprint density at radius 1 is 1.15 bits per heavy atom. The van der Waals surface area contributed by atoms with Crippen LogP contribution in [0, 0.1) is 0 Å². The van der Waals surface area contributed by atoms with Crippen molar-refractivity contribution in [2.75, 3.05) is 19.7 Å². The van der Waals surface area contributed by atoms with Gasteiger partial charge in [0, 0.05) is 24.6 Å². The molecule has 2 heterocycles. The van der Waals surface area contributed by atoms with Crippen molar-refractivity contribution in [2.24, 2.45) is 5.73 Å². The van der Waals surface area contributed by atoms with Crippen molar-refractivity contribution in [1.29, 1.82) is 0 Å². The van der Waals surface area contributed by atoms with Crippen molar-refractivity contribution in [2.45, 2.75) is 38.3 Å². The van der Waals surface area contributed by atoms with Gasteiger partial charge in [0.05, 0.1) is 6.61 Å². The van der Waals surface area contributed by atoms with E-state index in [4.69, 9.17) is 10.5 Å². The number of nitrogens with two attached hydrogens (primary N) is 1. The lowest BCUT2D eigenvalue weighted by Crippen LogP contribution is -2.29. The van der Waals surface area contributed by atoms with E-state index in [0.29, 0.717) is 0 Å². The molecule has 20 heavy (non-hydrogen) atoms. The zero-order valence-electron chi connectivity index (χ0n) is 11.7. The van der Waals surface area contributed by atoms with Crippen LogP contribution in [0.1, 0.15) is 42.9 Å². The third kappa shape index (κ3) is 4.01. The van der Waals surface area contributed by atoms with Crippen molar-refractivity contribution >= 4 is 24.8 Å².